The van der Waals surface area contributed by atoms with Gasteiger partial charge in [0.2, 0.25) is 0 Å². The summed E-state index contributed by atoms with van der Waals surface area (Å²) in [6.07, 6.45) is 5.93. The van der Waals surface area contributed by atoms with Crippen molar-refractivity contribution in [1.82, 2.24) is 0 Å². The molecule has 0 N–H and O–H groups in total. The van der Waals surface area contributed by atoms with Crippen molar-refractivity contribution in [2.24, 2.45) is 0 Å². The molecule has 132 valence electrons. The van der Waals surface area contributed by atoms with Crippen LogP contribution in [0.5, 0.6) is 0 Å². The molecule has 0 aromatic heterocycles. The highest BCUT2D eigenvalue weighted by Gasteiger charge is 2.00. The maximum absolute atomic E-state index is 11.1. The summed E-state index contributed by atoms with van der Waals surface area (Å²) >= 11 is 0. The molecule has 22 heavy (non-hydrogen) atoms. The summed E-state index contributed by atoms with van der Waals surface area (Å²) in [6.45, 7) is 9.75. The average Bonchev–Trinajstić information content (AvgIpc) is 2.51. The van der Waals surface area contributed by atoms with E-state index >= 15 is 0 Å². The monoisotopic (exact) mass is 318 g/mol. The molecule has 0 aromatic rings. The lowest BCUT2D eigenvalue weighted by Gasteiger charge is -2.10. The Morgan fingerprint density at radius 1 is 0.864 bits per heavy atom. The molecule has 0 aliphatic carbocycles. The van der Waals surface area contributed by atoms with E-state index in [1.165, 1.54) is 0 Å². The molecular formula is C17H34O5. The molecule has 0 amide bonds. The Balaban J connectivity index is 3.07. The molecule has 0 spiro atoms. The molecule has 0 aliphatic rings. The zero-order chi connectivity index (χ0) is 16.5. The summed E-state index contributed by atoms with van der Waals surface area (Å²) in [5, 5.41) is 0. The summed E-state index contributed by atoms with van der Waals surface area (Å²) in [7, 11) is 0. The zero-order valence-electron chi connectivity index (χ0n) is 14.6. The SMILES string of the molecule is CCOC(=O)CCCCCCOCCOCCOC(C)CC. The van der Waals surface area contributed by atoms with Gasteiger partial charge in [0.1, 0.15) is 0 Å². The molecule has 0 rings (SSSR count). The standard InChI is InChI=1S/C17H34O5/c1-4-16(3)22-15-14-20-13-12-19-11-9-7-6-8-10-17(18)21-5-2/h16H,4-15H2,1-3H3. The quantitative estimate of drug-likeness (QED) is 0.323. The predicted molar refractivity (Wildman–Crippen MR) is 87.1 cm³/mol. The van der Waals surface area contributed by atoms with Gasteiger partial charge in [-0.15, -0.1) is 0 Å². The lowest BCUT2D eigenvalue weighted by atomic mass is 10.1. The highest BCUT2D eigenvalue weighted by molar-refractivity contribution is 5.69. The number of unbranched alkanes of at least 4 members (excludes halogenated alkanes) is 3. The van der Waals surface area contributed by atoms with Crippen LogP contribution in [0.2, 0.25) is 0 Å². The number of carbonyl (C=O) groups is 1. The molecule has 1 atom stereocenters. The second-order valence-corrected chi connectivity index (χ2v) is 5.28. The van der Waals surface area contributed by atoms with Crippen molar-refractivity contribution >= 4 is 5.97 Å². The van der Waals surface area contributed by atoms with E-state index in [2.05, 4.69) is 13.8 Å². The number of rotatable bonds is 16. The summed E-state index contributed by atoms with van der Waals surface area (Å²) in [4.78, 5) is 11.1. The van der Waals surface area contributed by atoms with Crippen molar-refractivity contribution in [2.45, 2.75) is 65.4 Å². The van der Waals surface area contributed by atoms with Crippen molar-refractivity contribution in [3.63, 3.8) is 0 Å². The Morgan fingerprint density at radius 2 is 1.50 bits per heavy atom. The lowest BCUT2D eigenvalue weighted by Crippen LogP contribution is -2.13. The van der Waals surface area contributed by atoms with Crippen molar-refractivity contribution in [2.75, 3.05) is 39.6 Å². The average molecular weight is 318 g/mol. The van der Waals surface area contributed by atoms with Gasteiger partial charge in [-0.05, 0) is 33.1 Å². The maximum Gasteiger partial charge on any atom is 0.305 e. The third-order valence-corrected chi connectivity index (χ3v) is 3.30. The van der Waals surface area contributed by atoms with E-state index in [-0.39, 0.29) is 5.97 Å². The van der Waals surface area contributed by atoms with Crippen LogP contribution in [0.15, 0.2) is 0 Å². The predicted octanol–water partition coefficient (Wildman–Crippen LogP) is 3.35. The van der Waals surface area contributed by atoms with Crippen LogP contribution in [-0.4, -0.2) is 51.7 Å². The molecule has 0 heterocycles. The molecule has 0 aliphatic heterocycles. The molecule has 0 bridgehead atoms. The van der Waals surface area contributed by atoms with Crippen LogP contribution >= 0.6 is 0 Å². The first-order valence-corrected chi connectivity index (χ1v) is 8.63. The van der Waals surface area contributed by atoms with Crippen molar-refractivity contribution in [3.8, 4) is 0 Å². The van der Waals surface area contributed by atoms with Gasteiger partial charge in [-0.2, -0.15) is 0 Å². The van der Waals surface area contributed by atoms with Crippen LogP contribution in [0.3, 0.4) is 0 Å². The van der Waals surface area contributed by atoms with Gasteiger partial charge in [-0.25, -0.2) is 0 Å². The lowest BCUT2D eigenvalue weighted by molar-refractivity contribution is -0.143. The maximum atomic E-state index is 11.1. The van der Waals surface area contributed by atoms with E-state index in [0.717, 1.165) is 38.7 Å². The van der Waals surface area contributed by atoms with Crippen LogP contribution in [0.1, 0.15) is 59.3 Å². The third kappa shape index (κ3) is 15.7. The largest absolute Gasteiger partial charge is 0.466 e. The Bertz CT molecular complexity index is 245. The molecule has 0 saturated heterocycles. The van der Waals surface area contributed by atoms with E-state index in [1.807, 2.05) is 6.92 Å². The van der Waals surface area contributed by atoms with Crippen molar-refractivity contribution in [3.05, 3.63) is 0 Å². The molecule has 0 fully saturated rings. The fourth-order valence-electron chi connectivity index (χ4n) is 1.81. The highest BCUT2D eigenvalue weighted by Crippen LogP contribution is 2.04. The Morgan fingerprint density at radius 3 is 2.18 bits per heavy atom. The summed E-state index contributed by atoms with van der Waals surface area (Å²) in [5.41, 5.74) is 0. The summed E-state index contributed by atoms with van der Waals surface area (Å²) in [6, 6.07) is 0. The highest BCUT2D eigenvalue weighted by atomic mass is 16.5. The van der Waals surface area contributed by atoms with Gasteiger partial charge in [-0.1, -0.05) is 19.8 Å². The minimum atomic E-state index is -0.0896. The first kappa shape index (κ1) is 21.4. The van der Waals surface area contributed by atoms with Gasteiger partial charge >= 0.3 is 5.97 Å². The second-order valence-electron chi connectivity index (χ2n) is 5.28. The fraction of sp³-hybridized carbons (Fsp3) is 0.941. The van der Waals surface area contributed by atoms with Crippen molar-refractivity contribution in [1.29, 1.82) is 0 Å². The minimum Gasteiger partial charge on any atom is -0.466 e. The van der Waals surface area contributed by atoms with Gasteiger partial charge in [0, 0.05) is 13.0 Å². The van der Waals surface area contributed by atoms with Gasteiger partial charge in [0.25, 0.3) is 0 Å². The summed E-state index contributed by atoms with van der Waals surface area (Å²) < 4.78 is 21.3. The van der Waals surface area contributed by atoms with E-state index < -0.39 is 0 Å². The van der Waals surface area contributed by atoms with Crippen LogP contribution in [0.25, 0.3) is 0 Å². The van der Waals surface area contributed by atoms with E-state index in [4.69, 9.17) is 18.9 Å². The number of hydrogen-bond acceptors (Lipinski definition) is 5. The summed E-state index contributed by atoms with van der Waals surface area (Å²) in [5.74, 6) is -0.0896. The van der Waals surface area contributed by atoms with Gasteiger partial charge in [0.05, 0.1) is 39.1 Å². The molecule has 5 heteroatoms. The third-order valence-electron chi connectivity index (χ3n) is 3.30. The minimum absolute atomic E-state index is 0.0896. The molecule has 1 unspecified atom stereocenters. The topological polar surface area (TPSA) is 54.0 Å². The van der Waals surface area contributed by atoms with Crippen molar-refractivity contribution < 1.29 is 23.7 Å². The van der Waals surface area contributed by atoms with E-state index in [0.29, 0.717) is 45.6 Å². The van der Waals surface area contributed by atoms with Gasteiger partial charge in [0.15, 0.2) is 0 Å². The van der Waals surface area contributed by atoms with Crippen LogP contribution in [-0.2, 0) is 23.7 Å². The van der Waals surface area contributed by atoms with Crippen LogP contribution in [0.4, 0.5) is 0 Å². The molecule has 0 radical (unpaired) electrons. The molecule has 0 saturated carbocycles. The van der Waals surface area contributed by atoms with E-state index in [9.17, 15) is 4.79 Å². The Labute approximate surface area is 135 Å². The smallest absolute Gasteiger partial charge is 0.305 e. The first-order chi connectivity index (χ1) is 10.7. The normalized spacial score (nSPS) is 12.3. The molecule has 0 aromatic carbocycles. The molecule has 5 nitrogen and oxygen atoms in total. The molecular weight excluding hydrogens is 284 g/mol. The Kier molecular flexibility index (Phi) is 16.2. The van der Waals surface area contributed by atoms with E-state index in [1.54, 1.807) is 0 Å². The van der Waals surface area contributed by atoms with Gasteiger partial charge < -0.3 is 18.9 Å². The van der Waals surface area contributed by atoms with Crippen LogP contribution in [0, 0.1) is 0 Å². The first-order valence-electron chi connectivity index (χ1n) is 8.63. The number of hydrogen-bond donors (Lipinski definition) is 0. The number of ether oxygens (including phenoxy) is 4. The number of esters is 1. The van der Waals surface area contributed by atoms with Crippen LogP contribution < -0.4 is 0 Å². The number of carbonyl (C=O) groups excluding carboxylic acids is 1. The zero-order valence-corrected chi connectivity index (χ0v) is 14.6. The Hall–Kier alpha value is -0.650. The van der Waals surface area contributed by atoms with Gasteiger partial charge in [-0.3, -0.25) is 4.79 Å². The second kappa shape index (κ2) is 16.7. The fourth-order valence-corrected chi connectivity index (χ4v) is 1.81.